The first-order chi connectivity index (χ1) is 7.65. The maximum atomic E-state index is 6.09. The third kappa shape index (κ3) is 6.41. The summed E-state index contributed by atoms with van der Waals surface area (Å²) in [4.78, 5) is 0. The van der Waals surface area contributed by atoms with Crippen LogP contribution >= 0.6 is 0 Å². The van der Waals surface area contributed by atoms with Gasteiger partial charge in [0.1, 0.15) is 0 Å². The van der Waals surface area contributed by atoms with Gasteiger partial charge in [-0.05, 0) is 38.2 Å². The maximum Gasteiger partial charge on any atom is 0.0294 e. The molecule has 0 heterocycles. The van der Waals surface area contributed by atoms with Crippen LogP contribution < -0.4 is 5.73 Å². The van der Waals surface area contributed by atoms with Crippen LogP contribution in [-0.2, 0) is 0 Å². The first kappa shape index (κ1) is 14.9. The van der Waals surface area contributed by atoms with E-state index in [9.17, 15) is 0 Å². The summed E-state index contributed by atoms with van der Waals surface area (Å²) in [6.07, 6.45) is 12.1. The van der Waals surface area contributed by atoms with E-state index in [1.165, 1.54) is 5.57 Å². The van der Waals surface area contributed by atoms with Crippen LogP contribution in [0.1, 0.15) is 39.5 Å². The average Bonchev–Trinajstić information content (AvgIpc) is 2.29. The monoisotopic (exact) mass is 219 g/mol. The Labute approximate surface area is 100 Å². The maximum absolute atomic E-state index is 6.09. The normalized spacial score (nSPS) is 14.1. The van der Waals surface area contributed by atoms with E-state index in [1.807, 2.05) is 31.2 Å². The molecule has 0 aromatic rings. The van der Waals surface area contributed by atoms with Crippen molar-refractivity contribution in [3.05, 3.63) is 48.6 Å². The van der Waals surface area contributed by atoms with Crippen LogP contribution in [0, 0.1) is 0 Å². The summed E-state index contributed by atoms with van der Waals surface area (Å²) >= 11 is 0. The first-order valence-corrected chi connectivity index (χ1v) is 6.03. The van der Waals surface area contributed by atoms with Gasteiger partial charge in [0.2, 0.25) is 0 Å². The molecule has 1 unspecified atom stereocenters. The Morgan fingerprint density at radius 2 is 2.12 bits per heavy atom. The number of hydrogen-bond donors (Lipinski definition) is 1. The van der Waals surface area contributed by atoms with Crippen LogP contribution in [-0.4, -0.2) is 6.04 Å². The molecular weight excluding hydrogens is 194 g/mol. The molecule has 1 heteroatoms. The van der Waals surface area contributed by atoms with Crippen molar-refractivity contribution >= 4 is 0 Å². The molecule has 0 spiro atoms. The molecule has 0 aromatic heterocycles. The minimum Gasteiger partial charge on any atom is -0.324 e. The molecular formula is C15H25N. The minimum absolute atomic E-state index is 0.0957. The second-order valence-electron chi connectivity index (χ2n) is 4.00. The Bertz CT molecular complexity index is 271. The van der Waals surface area contributed by atoms with Gasteiger partial charge < -0.3 is 5.73 Å². The van der Waals surface area contributed by atoms with Crippen molar-refractivity contribution < 1.29 is 0 Å². The lowest BCUT2D eigenvalue weighted by atomic mass is 9.99. The standard InChI is InChI=1S/C15H25N/c1-5-8-11-14(7-3)15(16)12-9-10-13(4)6-2/h5,7-8,11,15H,3-4,6,9-10,12,16H2,1-2H3/b8-5-,14-11+. The van der Waals surface area contributed by atoms with Crippen LogP contribution in [0.3, 0.4) is 0 Å². The number of allylic oxidation sites excluding steroid dienone is 4. The van der Waals surface area contributed by atoms with Crippen molar-refractivity contribution in [1.29, 1.82) is 0 Å². The lowest BCUT2D eigenvalue weighted by Crippen LogP contribution is -2.21. The van der Waals surface area contributed by atoms with Crippen molar-refractivity contribution in [3.8, 4) is 0 Å². The molecule has 90 valence electrons. The molecule has 0 saturated heterocycles. The second-order valence-corrected chi connectivity index (χ2v) is 4.00. The van der Waals surface area contributed by atoms with E-state index >= 15 is 0 Å². The predicted molar refractivity (Wildman–Crippen MR) is 74.4 cm³/mol. The Morgan fingerprint density at radius 1 is 1.44 bits per heavy atom. The van der Waals surface area contributed by atoms with E-state index in [-0.39, 0.29) is 6.04 Å². The summed E-state index contributed by atoms with van der Waals surface area (Å²) in [5.41, 5.74) is 8.52. The summed E-state index contributed by atoms with van der Waals surface area (Å²) in [6, 6.07) is 0.0957. The molecule has 2 N–H and O–H groups in total. The minimum atomic E-state index is 0.0957. The van der Waals surface area contributed by atoms with Crippen molar-refractivity contribution in [1.82, 2.24) is 0 Å². The topological polar surface area (TPSA) is 26.0 Å². The Morgan fingerprint density at radius 3 is 2.62 bits per heavy atom. The Kier molecular flexibility index (Phi) is 8.55. The molecule has 0 aliphatic carbocycles. The second kappa shape index (κ2) is 9.17. The van der Waals surface area contributed by atoms with E-state index in [0.29, 0.717) is 0 Å². The van der Waals surface area contributed by atoms with Gasteiger partial charge in [0.15, 0.2) is 0 Å². The van der Waals surface area contributed by atoms with Crippen LogP contribution in [0.5, 0.6) is 0 Å². The molecule has 0 rings (SSSR count). The van der Waals surface area contributed by atoms with Crippen molar-refractivity contribution in [2.24, 2.45) is 5.73 Å². The van der Waals surface area contributed by atoms with Gasteiger partial charge in [0.05, 0.1) is 0 Å². The van der Waals surface area contributed by atoms with E-state index in [0.717, 1.165) is 31.3 Å². The number of rotatable bonds is 8. The van der Waals surface area contributed by atoms with Crippen LogP contribution in [0.4, 0.5) is 0 Å². The molecule has 0 aliphatic heterocycles. The third-order valence-electron chi connectivity index (χ3n) is 2.69. The fourth-order valence-corrected chi connectivity index (χ4v) is 1.47. The first-order valence-electron chi connectivity index (χ1n) is 6.03. The largest absolute Gasteiger partial charge is 0.324 e. The van der Waals surface area contributed by atoms with E-state index in [4.69, 9.17) is 5.73 Å². The molecule has 0 aliphatic rings. The lowest BCUT2D eigenvalue weighted by molar-refractivity contribution is 0.644. The Hall–Kier alpha value is -1.08. The van der Waals surface area contributed by atoms with Gasteiger partial charge in [-0.15, -0.1) is 0 Å². The predicted octanol–water partition coefficient (Wildman–Crippen LogP) is 4.14. The molecule has 0 radical (unpaired) electrons. The molecule has 1 atom stereocenters. The molecule has 0 bridgehead atoms. The summed E-state index contributed by atoms with van der Waals surface area (Å²) in [5.74, 6) is 0. The highest BCUT2D eigenvalue weighted by atomic mass is 14.6. The lowest BCUT2D eigenvalue weighted by Gasteiger charge is -2.12. The van der Waals surface area contributed by atoms with E-state index in [1.54, 1.807) is 0 Å². The SMILES string of the molecule is C=C/C(=C\C=C/C)C(N)CCCC(=C)CC. The highest BCUT2D eigenvalue weighted by Gasteiger charge is 2.05. The van der Waals surface area contributed by atoms with Gasteiger partial charge >= 0.3 is 0 Å². The van der Waals surface area contributed by atoms with Crippen LogP contribution in [0.25, 0.3) is 0 Å². The molecule has 0 aromatic carbocycles. The zero-order valence-electron chi connectivity index (χ0n) is 10.7. The van der Waals surface area contributed by atoms with Gasteiger partial charge in [-0.2, -0.15) is 0 Å². The van der Waals surface area contributed by atoms with Crippen LogP contribution in [0.2, 0.25) is 0 Å². The number of nitrogens with two attached hydrogens (primary N) is 1. The quantitative estimate of drug-likeness (QED) is 0.482. The Balaban J connectivity index is 4.07. The fourth-order valence-electron chi connectivity index (χ4n) is 1.47. The van der Waals surface area contributed by atoms with Crippen molar-refractivity contribution in [3.63, 3.8) is 0 Å². The summed E-state index contributed by atoms with van der Waals surface area (Å²) in [5, 5.41) is 0. The highest BCUT2D eigenvalue weighted by Crippen LogP contribution is 2.13. The van der Waals surface area contributed by atoms with Gasteiger partial charge in [-0.1, -0.05) is 50.0 Å². The van der Waals surface area contributed by atoms with Crippen molar-refractivity contribution in [2.45, 2.75) is 45.6 Å². The van der Waals surface area contributed by atoms with Crippen LogP contribution in [0.15, 0.2) is 48.6 Å². The van der Waals surface area contributed by atoms with E-state index < -0.39 is 0 Å². The summed E-state index contributed by atoms with van der Waals surface area (Å²) in [7, 11) is 0. The number of hydrogen-bond acceptors (Lipinski definition) is 1. The van der Waals surface area contributed by atoms with E-state index in [2.05, 4.69) is 20.1 Å². The molecule has 0 amide bonds. The summed E-state index contributed by atoms with van der Waals surface area (Å²) in [6.45, 7) is 11.9. The summed E-state index contributed by atoms with van der Waals surface area (Å²) < 4.78 is 0. The van der Waals surface area contributed by atoms with Gasteiger partial charge in [-0.3, -0.25) is 0 Å². The fraction of sp³-hybridized carbons (Fsp3) is 0.467. The molecule has 1 nitrogen and oxygen atoms in total. The highest BCUT2D eigenvalue weighted by molar-refractivity contribution is 5.26. The third-order valence-corrected chi connectivity index (χ3v) is 2.69. The van der Waals surface area contributed by atoms with Gasteiger partial charge in [-0.25, -0.2) is 0 Å². The molecule has 0 saturated carbocycles. The zero-order valence-corrected chi connectivity index (χ0v) is 10.7. The van der Waals surface area contributed by atoms with Gasteiger partial charge in [0.25, 0.3) is 0 Å². The molecule has 16 heavy (non-hydrogen) atoms. The molecule has 0 fully saturated rings. The van der Waals surface area contributed by atoms with Gasteiger partial charge in [0, 0.05) is 6.04 Å². The zero-order chi connectivity index (χ0) is 12.4. The average molecular weight is 219 g/mol. The van der Waals surface area contributed by atoms with Crippen molar-refractivity contribution in [2.75, 3.05) is 0 Å². The smallest absolute Gasteiger partial charge is 0.0294 e.